The molecule has 0 saturated heterocycles. The molecule has 0 aromatic carbocycles. The van der Waals surface area contributed by atoms with E-state index in [1.807, 2.05) is 0 Å². The standard InChI is InChI=1S/C11H22N2Se/c1-3-13(4-2)11(14)12-10-8-6-5-7-9-10/h10H,3-9H2,1-2H3,(H,12,14). The average molecular weight is 261 g/mol. The van der Waals surface area contributed by atoms with Gasteiger partial charge in [-0.25, -0.2) is 0 Å². The fourth-order valence-corrected chi connectivity index (χ4v) is 2.92. The third-order valence-electron chi connectivity index (χ3n) is 2.98. The molecule has 0 aromatic rings. The second-order valence-corrected chi connectivity index (χ2v) is 4.77. The molecule has 2 nitrogen and oxygen atoms in total. The van der Waals surface area contributed by atoms with E-state index in [1.54, 1.807) is 0 Å². The molecule has 0 aliphatic heterocycles. The van der Waals surface area contributed by atoms with Crippen molar-refractivity contribution in [1.82, 2.24) is 10.2 Å². The molecule has 14 heavy (non-hydrogen) atoms. The number of rotatable bonds is 5. The molecule has 82 valence electrons. The summed E-state index contributed by atoms with van der Waals surface area (Å²) in [5.41, 5.74) is 0. The van der Waals surface area contributed by atoms with E-state index in [1.165, 1.54) is 36.8 Å². The van der Waals surface area contributed by atoms with Crippen LogP contribution in [-0.4, -0.2) is 44.3 Å². The van der Waals surface area contributed by atoms with Crippen molar-refractivity contribution in [3.05, 3.63) is 0 Å². The van der Waals surface area contributed by atoms with Crippen molar-refractivity contribution in [2.24, 2.45) is 0 Å². The quantitative estimate of drug-likeness (QED) is 0.755. The number of nitrogens with one attached hydrogen (secondary N) is 1. The van der Waals surface area contributed by atoms with E-state index in [0.29, 0.717) is 6.04 Å². The number of hydrogen-bond donors (Lipinski definition) is 1. The Morgan fingerprint density at radius 1 is 1.21 bits per heavy atom. The molecule has 0 unspecified atom stereocenters. The molecule has 0 heterocycles. The number of nitrogens with zero attached hydrogens (tertiary/aromatic N) is 1. The topological polar surface area (TPSA) is 15.3 Å². The van der Waals surface area contributed by atoms with Crippen LogP contribution in [0.15, 0.2) is 0 Å². The zero-order valence-corrected chi connectivity index (χ0v) is 11.1. The van der Waals surface area contributed by atoms with E-state index in [0.717, 1.165) is 13.1 Å². The van der Waals surface area contributed by atoms with Crippen LogP contribution in [0.25, 0.3) is 0 Å². The normalized spacial score (nSPS) is 17.9. The summed E-state index contributed by atoms with van der Waals surface area (Å²) in [7, 11) is 0. The minimum absolute atomic E-state index is 0.709. The van der Waals surface area contributed by atoms with Crippen molar-refractivity contribution >= 4 is 20.2 Å². The summed E-state index contributed by atoms with van der Waals surface area (Å²) in [4.78, 5) is 2.34. The zero-order valence-electron chi connectivity index (χ0n) is 9.38. The molecule has 0 bridgehead atoms. The van der Waals surface area contributed by atoms with Gasteiger partial charge in [0.2, 0.25) is 0 Å². The van der Waals surface area contributed by atoms with Gasteiger partial charge in [0.15, 0.2) is 0 Å². The molecule has 1 aliphatic carbocycles. The Kier molecular flexibility index (Phi) is 5.57. The van der Waals surface area contributed by atoms with Gasteiger partial charge in [0.05, 0.1) is 0 Å². The summed E-state index contributed by atoms with van der Waals surface area (Å²) in [6.07, 6.45) is 6.89. The molecule has 0 spiro atoms. The predicted molar refractivity (Wildman–Crippen MR) is 63.7 cm³/mol. The molecule has 1 saturated carbocycles. The SMILES string of the molecule is CCN(CC)C(=[Se])NC1CCCCC1. The second-order valence-electron chi connectivity index (χ2n) is 3.96. The first-order valence-electron chi connectivity index (χ1n) is 5.83. The van der Waals surface area contributed by atoms with Crippen LogP contribution in [0.5, 0.6) is 0 Å². The van der Waals surface area contributed by atoms with Crippen molar-refractivity contribution in [3.63, 3.8) is 0 Å². The van der Waals surface area contributed by atoms with Crippen LogP contribution in [0.2, 0.25) is 0 Å². The molecule has 1 fully saturated rings. The Balaban J connectivity index is 2.30. The summed E-state index contributed by atoms with van der Waals surface area (Å²) in [6, 6.07) is 0.709. The fourth-order valence-electron chi connectivity index (χ4n) is 2.02. The molecule has 0 aromatic heterocycles. The Labute approximate surface area is 95.8 Å². The third-order valence-corrected chi connectivity index (χ3v) is 3.77. The van der Waals surface area contributed by atoms with Gasteiger partial charge in [-0.2, -0.15) is 0 Å². The van der Waals surface area contributed by atoms with Crippen LogP contribution in [0.1, 0.15) is 46.0 Å². The van der Waals surface area contributed by atoms with Crippen molar-refractivity contribution in [2.75, 3.05) is 13.1 Å². The third kappa shape index (κ3) is 3.62. The van der Waals surface area contributed by atoms with Gasteiger partial charge in [0.1, 0.15) is 0 Å². The monoisotopic (exact) mass is 262 g/mol. The van der Waals surface area contributed by atoms with E-state index in [9.17, 15) is 0 Å². The van der Waals surface area contributed by atoms with Gasteiger partial charge in [-0.1, -0.05) is 0 Å². The van der Waals surface area contributed by atoms with E-state index in [4.69, 9.17) is 0 Å². The van der Waals surface area contributed by atoms with E-state index in [-0.39, 0.29) is 0 Å². The Morgan fingerprint density at radius 3 is 2.29 bits per heavy atom. The van der Waals surface area contributed by atoms with Gasteiger partial charge in [-0.05, 0) is 0 Å². The molecule has 0 atom stereocenters. The van der Waals surface area contributed by atoms with Crippen LogP contribution in [0.3, 0.4) is 0 Å². The summed E-state index contributed by atoms with van der Waals surface area (Å²) in [5, 5.41) is 3.61. The number of hydrogen-bond acceptors (Lipinski definition) is 2. The van der Waals surface area contributed by atoms with Crippen LogP contribution >= 0.6 is 0 Å². The van der Waals surface area contributed by atoms with Crippen molar-refractivity contribution < 1.29 is 0 Å². The van der Waals surface area contributed by atoms with Gasteiger partial charge < -0.3 is 0 Å². The summed E-state index contributed by atoms with van der Waals surface area (Å²) in [6.45, 7) is 6.56. The van der Waals surface area contributed by atoms with Crippen molar-refractivity contribution in [3.8, 4) is 0 Å². The zero-order chi connectivity index (χ0) is 10.4. The molecular formula is C11H22N2Se. The molecular weight excluding hydrogens is 239 g/mol. The molecule has 1 rings (SSSR count). The maximum absolute atomic E-state index is 3.61. The first-order chi connectivity index (χ1) is 6.77. The van der Waals surface area contributed by atoms with Crippen LogP contribution in [-0.2, 0) is 0 Å². The summed E-state index contributed by atoms with van der Waals surface area (Å²) >= 11 is 3.16. The fraction of sp³-hybridized carbons (Fsp3) is 0.909. The Hall–Kier alpha value is -0.0105. The van der Waals surface area contributed by atoms with Crippen molar-refractivity contribution in [2.45, 2.75) is 52.0 Å². The molecule has 3 heteroatoms. The molecule has 0 amide bonds. The van der Waals surface area contributed by atoms with Gasteiger partial charge in [0, 0.05) is 0 Å². The molecule has 1 N–H and O–H groups in total. The minimum atomic E-state index is 0.709. The van der Waals surface area contributed by atoms with E-state index >= 15 is 0 Å². The predicted octanol–water partition coefficient (Wildman–Crippen LogP) is 1.51. The second kappa shape index (κ2) is 6.47. The first kappa shape index (κ1) is 12.1. The Morgan fingerprint density at radius 2 is 1.79 bits per heavy atom. The molecule has 0 radical (unpaired) electrons. The van der Waals surface area contributed by atoms with Crippen LogP contribution < -0.4 is 5.32 Å². The maximum atomic E-state index is 3.61. The van der Waals surface area contributed by atoms with Crippen LogP contribution in [0, 0.1) is 0 Å². The average Bonchev–Trinajstić information content (AvgIpc) is 2.21. The Bertz CT molecular complexity index is 172. The van der Waals surface area contributed by atoms with E-state index in [2.05, 4.69) is 39.6 Å². The van der Waals surface area contributed by atoms with Gasteiger partial charge in [-0.3, -0.25) is 0 Å². The summed E-state index contributed by atoms with van der Waals surface area (Å²) < 4.78 is 1.24. The van der Waals surface area contributed by atoms with Crippen molar-refractivity contribution in [1.29, 1.82) is 0 Å². The van der Waals surface area contributed by atoms with Gasteiger partial charge in [-0.15, -0.1) is 0 Å². The van der Waals surface area contributed by atoms with E-state index < -0.39 is 0 Å². The van der Waals surface area contributed by atoms with Gasteiger partial charge >= 0.3 is 95.5 Å². The first-order valence-corrected chi connectivity index (χ1v) is 6.69. The van der Waals surface area contributed by atoms with Crippen LogP contribution in [0.4, 0.5) is 0 Å². The summed E-state index contributed by atoms with van der Waals surface area (Å²) in [5.74, 6) is 0. The van der Waals surface area contributed by atoms with Gasteiger partial charge in [0.25, 0.3) is 0 Å². The molecule has 1 aliphatic rings.